The van der Waals surface area contributed by atoms with Crippen molar-refractivity contribution < 1.29 is 49.8 Å². The van der Waals surface area contributed by atoms with Crippen molar-refractivity contribution in [3.8, 4) is 0 Å². The summed E-state index contributed by atoms with van der Waals surface area (Å²) in [6.45, 7) is 5.43. The van der Waals surface area contributed by atoms with E-state index < -0.39 is 36.2 Å². The summed E-state index contributed by atoms with van der Waals surface area (Å²) >= 11 is 0. The number of alkyl halides is 7. The lowest BCUT2D eigenvalue weighted by atomic mass is 10.1. The van der Waals surface area contributed by atoms with Crippen LogP contribution >= 0.6 is 0 Å². The quantitative estimate of drug-likeness (QED) is 0.326. The van der Waals surface area contributed by atoms with Gasteiger partial charge in [0.25, 0.3) is 0 Å². The molecule has 0 saturated heterocycles. The third-order valence-electron chi connectivity index (χ3n) is 1.85. The van der Waals surface area contributed by atoms with Crippen molar-refractivity contribution in [2.45, 2.75) is 24.3 Å². The van der Waals surface area contributed by atoms with Crippen molar-refractivity contribution in [3.63, 3.8) is 0 Å². The van der Waals surface area contributed by atoms with E-state index in [-0.39, 0.29) is 12.2 Å². The molecule has 0 unspecified atom stereocenters. The number of hydrogen-bond acceptors (Lipinski definition) is 4. The SMILES string of the molecule is C=CC(=O)OC(OC(=O)C=C)C(F)(F)C(F)(F)C(F)(F)F. The zero-order valence-corrected chi connectivity index (χ0v) is 9.93. The van der Waals surface area contributed by atoms with Crippen LogP contribution in [0.15, 0.2) is 25.3 Å². The Bertz CT molecular complexity index is 419. The topological polar surface area (TPSA) is 52.6 Å². The molecule has 11 heteroatoms. The van der Waals surface area contributed by atoms with Gasteiger partial charge in [-0.25, -0.2) is 9.59 Å². The van der Waals surface area contributed by atoms with E-state index in [0.29, 0.717) is 0 Å². The van der Waals surface area contributed by atoms with E-state index in [1.807, 2.05) is 0 Å². The molecule has 0 aliphatic rings. The molecule has 0 spiro atoms. The predicted octanol–water partition coefficient (Wildman–Crippen LogP) is 2.60. The van der Waals surface area contributed by atoms with E-state index in [4.69, 9.17) is 0 Å². The highest BCUT2D eigenvalue weighted by Crippen LogP contribution is 2.48. The summed E-state index contributed by atoms with van der Waals surface area (Å²) < 4.78 is 95.1. The zero-order valence-electron chi connectivity index (χ0n) is 9.93. The molecular weight excluding hydrogens is 317 g/mol. The molecule has 0 N–H and O–H groups in total. The molecule has 0 rings (SSSR count). The molecule has 0 heterocycles. The molecule has 0 aromatic heterocycles. The van der Waals surface area contributed by atoms with E-state index in [1.54, 1.807) is 0 Å². The average Bonchev–Trinajstić information content (AvgIpc) is 2.35. The maximum absolute atomic E-state index is 13.3. The number of ether oxygens (including phenoxy) is 2. The number of halogens is 7. The summed E-state index contributed by atoms with van der Waals surface area (Å²) in [7, 11) is 0. The lowest BCUT2D eigenvalue weighted by Gasteiger charge is -2.32. The van der Waals surface area contributed by atoms with Gasteiger partial charge < -0.3 is 9.47 Å². The molecule has 0 aliphatic carbocycles. The molecule has 0 fully saturated rings. The second kappa shape index (κ2) is 6.14. The van der Waals surface area contributed by atoms with Gasteiger partial charge in [-0.15, -0.1) is 0 Å². The molecule has 0 radical (unpaired) electrons. The first kappa shape index (κ1) is 18.9. The van der Waals surface area contributed by atoms with Crippen LogP contribution in [-0.4, -0.2) is 36.2 Å². The van der Waals surface area contributed by atoms with Gasteiger partial charge >= 0.3 is 36.2 Å². The summed E-state index contributed by atoms with van der Waals surface area (Å²) in [5.74, 6) is -16.3. The van der Waals surface area contributed by atoms with Crippen LogP contribution < -0.4 is 0 Å². The van der Waals surface area contributed by atoms with Gasteiger partial charge in [-0.1, -0.05) is 13.2 Å². The van der Waals surface area contributed by atoms with E-state index >= 15 is 0 Å². The Hall–Kier alpha value is -2.07. The van der Waals surface area contributed by atoms with Crippen LogP contribution in [0.4, 0.5) is 30.7 Å². The minimum absolute atomic E-state index is 0.191. The number of carbonyl (C=O) groups excluding carboxylic acids is 2. The Morgan fingerprint density at radius 1 is 0.857 bits per heavy atom. The summed E-state index contributed by atoms with van der Waals surface area (Å²) in [6, 6.07) is 0. The van der Waals surface area contributed by atoms with Crippen molar-refractivity contribution in [2.75, 3.05) is 0 Å². The van der Waals surface area contributed by atoms with Crippen molar-refractivity contribution >= 4 is 11.9 Å². The van der Waals surface area contributed by atoms with Gasteiger partial charge in [0.15, 0.2) is 0 Å². The molecule has 0 amide bonds. The number of hydrogen-bond donors (Lipinski definition) is 0. The molecular formula is C10H7F7O4. The predicted molar refractivity (Wildman–Crippen MR) is 52.3 cm³/mol. The third kappa shape index (κ3) is 3.95. The molecule has 0 aliphatic heterocycles. The molecule has 0 aromatic carbocycles. The Labute approximate surface area is 112 Å². The molecule has 4 nitrogen and oxygen atoms in total. The van der Waals surface area contributed by atoms with E-state index in [0.717, 1.165) is 0 Å². The van der Waals surface area contributed by atoms with Crippen LogP contribution in [0.5, 0.6) is 0 Å². The van der Waals surface area contributed by atoms with E-state index in [2.05, 4.69) is 22.6 Å². The van der Waals surface area contributed by atoms with Gasteiger partial charge in [0, 0.05) is 12.2 Å². The maximum atomic E-state index is 13.3. The van der Waals surface area contributed by atoms with E-state index in [1.165, 1.54) is 0 Å². The second-order valence-electron chi connectivity index (χ2n) is 3.31. The fourth-order valence-electron chi connectivity index (χ4n) is 0.816. The average molecular weight is 324 g/mol. The van der Waals surface area contributed by atoms with E-state index in [9.17, 15) is 40.3 Å². The maximum Gasteiger partial charge on any atom is 0.460 e. The Balaban J connectivity index is 5.66. The minimum Gasteiger partial charge on any atom is -0.415 e. The van der Waals surface area contributed by atoms with Crippen LogP contribution in [0.3, 0.4) is 0 Å². The molecule has 0 atom stereocenters. The van der Waals surface area contributed by atoms with Gasteiger partial charge in [-0.2, -0.15) is 30.7 Å². The number of esters is 2. The molecule has 0 saturated carbocycles. The number of carbonyl (C=O) groups is 2. The van der Waals surface area contributed by atoms with Crippen LogP contribution in [0.2, 0.25) is 0 Å². The van der Waals surface area contributed by atoms with Crippen molar-refractivity contribution in [1.82, 2.24) is 0 Å². The highest BCUT2D eigenvalue weighted by atomic mass is 19.4. The Morgan fingerprint density at radius 2 is 1.19 bits per heavy atom. The summed E-state index contributed by atoms with van der Waals surface area (Å²) in [6.07, 6.45) is -10.1. The van der Waals surface area contributed by atoms with Crippen molar-refractivity contribution in [2.24, 2.45) is 0 Å². The van der Waals surface area contributed by atoms with Gasteiger partial charge in [-0.3, -0.25) is 0 Å². The monoisotopic (exact) mass is 324 g/mol. The third-order valence-corrected chi connectivity index (χ3v) is 1.85. The summed E-state index contributed by atoms with van der Waals surface area (Å²) in [5.41, 5.74) is 0. The summed E-state index contributed by atoms with van der Waals surface area (Å²) in [5, 5.41) is 0. The fourth-order valence-corrected chi connectivity index (χ4v) is 0.816. The highest BCUT2D eigenvalue weighted by molar-refractivity contribution is 5.83. The Morgan fingerprint density at radius 3 is 1.43 bits per heavy atom. The molecule has 120 valence electrons. The highest BCUT2D eigenvalue weighted by Gasteiger charge is 2.77. The Kier molecular flexibility index (Phi) is 5.54. The van der Waals surface area contributed by atoms with Crippen LogP contribution in [0, 0.1) is 0 Å². The van der Waals surface area contributed by atoms with Crippen LogP contribution in [0.1, 0.15) is 0 Å². The molecule has 21 heavy (non-hydrogen) atoms. The standard InChI is InChI=1S/C10H7F7O4/c1-3-5(18)20-7(21-6(19)4-2)8(11,12)9(13,14)10(15,16)17/h3-4,7H,1-2H2. The fraction of sp³-hybridized carbons (Fsp3) is 0.400. The van der Waals surface area contributed by atoms with Crippen LogP contribution in [-0.2, 0) is 19.1 Å². The van der Waals surface area contributed by atoms with Crippen LogP contribution in [0.25, 0.3) is 0 Å². The zero-order chi connectivity index (χ0) is 17.1. The normalized spacial score (nSPS) is 12.8. The molecule has 0 aromatic rings. The van der Waals surface area contributed by atoms with Gasteiger partial charge in [0.2, 0.25) is 0 Å². The first-order chi connectivity index (χ1) is 9.31. The first-order valence-corrected chi connectivity index (χ1v) is 4.79. The van der Waals surface area contributed by atoms with Gasteiger partial charge in [-0.05, 0) is 0 Å². The van der Waals surface area contributed by atoms with Gasteiger partial charge in [0.1, 0.15) is 0 Å². The lowest BCUT2D eigenvalue weighted by Crippen LogP contribution is -2.59. The summed E-state index contributed by atoms with van der Waals surface area (Å²) in [4.78, 5) is 21.4. The second-order valence-corrected chi connectivity index (χ2v) is 3.31. The lowest BCUT2D eigenvalue weighted by molar-refractivity contribution is -0.390. The largest absolute Gasteiger partial charge is 0.460 e. The minimum atomic E-state index is -6.68. The molecule has 0 bridgehead atoms. The first-order valence-electron chi connectivity index (χ1n) is 4.79. The number of rotatable bonds is 6. The van der Waals surface area contributed by atoms with Crippen molar-refractivity contribution in [3.05, 3.63) is 25.3 Å². The van der Waals surface area contributed by atoms with Gasteiger partial charge in [0.05, 0.1) is 0 Å². The smallest absolute Gasteiger partial charge is 0.415 e. The van der Waals surface area contributed by atoms with Crippen molar-refractivity contribution in [1.29, 1.82) is 0 Å².